The monoisotopic (exact) mass is 466 g/mol. The van der Waals surface area contributed by atoms with Gasteiger partial charge in [-0.05, 0) is 57.4 Å². The SMILES string of the molecule is CC(=O)N1CCCc2cc(S(=O)(=O)NCCN3CCN(C(=O)OC(C)(C)C)CC3)ccc21. The van der Waals surface area contributed by atoms with Gasteiger partial charge < -0.3 is 14.5 Å². The molecule has 1 aromatic carbocycles. The highest BCUT2D eigenvalue weighted by atomic mass is 32.2. The van der Waals surface area contributed by atoms with Crippen LogP contribution in [0.15, 0.2) is 23.1 Å². The van der Waals surface area contributed by atoms with Gasteiger partial charge in [-0.25, -0.2) is 17.9 Å². The van der Waals surface area contributed by atoms with E-state index in [0.29, 0.717) is 39.3 Å². The topological polar surface area (TPSA) is 99.3 Å². The standard InChI is InChI=1S/C22H34N4O5S/c1-17(27)26-10-5-6-18-16-19(7-8-20(18)26)32(29,30)23-9-11-24-12-14-25(15-13-24)21(28)31-22(2,3)4/h7-8,16,23H,5-6,9-15H2,1-4H3. The summed E-state index contributed by atoms with van der Waals surface area (Å²) in [6.45, 7) is 11.0. The molecule has 3 rings (SSSR count). The van der Waals surface area contributed by atoms with E-state index in [0.717, 1.165) is 24.1 Å². The number of nitrogens with one attached hydrogen (secondary N) is 1. The molecule has 0 bridgehead atoms. The van der Waals surface area contributed by atoms with Gasteiger partial charge in [-0.1, -0.05) is 0 Å². The maximum Gasteiger partial charge on any atom is 0.410 e. The lowest BCUT2D eigenvalue weighted by Gasteiger charge is -2.35. The highest BCUT2D eigenvalue weighted by molar-refractivity contribution is 7.89. The van der Waals surface area contributed by atoms with Crippen molar-refractivity contribution < 1.29 is 22.7 Å². The lowest BCUT2D eigenvalue weighted by molar-refractivity contribution is -0.116. The van der Waals surface area contributed by atoms with Gasteiger partial charge >= 0.3 is 6.09 Å². The third-order valence-electron chi connectivity index (χ3n) is 5.60. The van der Waals surface area contributed by atoms with E-state index in [1.54, 1.807) is 28.0 Å². The fraction of sp³-hybridized carbons (Fsp3) is 0.636. The number of rotatable bonds is 5. The second-order valence-corrected chi connectivity index (χ2v) is 11.0. The van der Waals surface area contributed by atoms with E-state index in [9.17, 15) is 18.0 Å². The summed E-state index contributed by atoms with van der Waals surface area (Å²) in [5.74, 6) is -0.0357. The molecule has 2 aliphatic heterocycles. The van der Waals surface area contributed by atoms with E-state index < -0.39 is 15.6 Å². The van der Waals surface area contributed by atoms with Crippen molar-refractivity contribution in [3.05, 3.63) is 23.8 Å². The maximum atomic E-state index is 12.8. The molecule has 178 valence electrons. The van der Waals surface area contributed by atoms with Crippen LogP contribution in [-0.4, -0.2) is 81.6 Å². The minimum atomic E-state index is -3.64. The van der Waals surface area contributed by atoms with E-state index in [1.165, 1.54) is 6.92 Å². The van der Waals surface area contributed by atoms with Crippen molar-refractivity contribution in [1.82, 2.24) is 14.5 Å². The first-order valence-corrected chi connectivity index (χ1v) is 12.6. The van der Waals surface area contributed by atoms with Crippen LogP contribution in [0.4, 0.5) is 10.5 Å². The Morgan fingerprint density at radius 3 is 2.41 bits per heavy atom. The molecule has 1 saturated heterocycles. The zero-order chi connectivity index (χ0) is 23.5. The molecule has 1 N–H and O–H groups in total. The Bertz CT molecular complexity index is 950. The summed E-state index contributed by atoms with van der Waals surface area (Å²) < 4.78 is 33.6. The molecule has 2 heterocycles. The van der Waals surface area contributed by atoms with Gasteiger partial charge in [-0.2, -0.15) is 0 Å². The molecule has 0 saturated carbocycles. The normalized spacial score (nSPS) is 17.8. The summed E-state index contributed by atoms with van der Waals surface area (Å²) in [4.78, 5) is 29.7. The van der Waals surface area contributed by atoms with Crippen molar-refractivity contribution in [2.45, 2.75) is 51.0 Å². The summed E-state index contributed by atoms with van der Waals surface area (Å²) >= 11 is 0. The van der Waals surface area contributed by atoms with Gasteiger partial charge in [-0.15, -0.1) is 0 Å². The van der Waals surface area contributed by atoms with Crippen LogP contribution in [0.25, 0.3) is 0 Å². The van der Waals surface area contributed by atoms with Crippen LogP contribution in [0.1, 0.15) is 39.7 Å². The van der Waals surface area contributed by atoms with Gasteiger partial charge in [0.15, 0.2) is 0 Å². The summed E-state index contributed by atoms with van der Waals surface area (Å²) in [6, 6.07) is 4.95. The number of nitrogens with zero attached hydrogens (tertiary/aromatic N) is 3. The molecule has 0 aliphatic carbocycles. The summed E-state index contributed by atoms with van der Waals surface area (Å²) in [5, 5.41) is 0. The molecule has 1 fully saturated rings. The number of fused-ring (bicyclic) bond motifs is 1. The molecule has 0 atom stereocenters. The highest BCUT2D eigenvalue weighted by Gasteiger charge is 2.26. The van der Waals surface area contributed by atoms with Crippen molar-refractivity contribution in [2.75, 3.05) is 50.7 Å². The van der Waals surface area contributed by atoms with E-state index >= 15 is 0 Å². The molecule has 2 aliphatic rings. The Hall–Kier alpha value is -2.17. The minimum absolute atomic E-state index is 0.0357. The number of benzene rings is 1. The van der Waals surface area contributed by atoms with Crippen LogP contribution in [0.5, 0.6) is 0 Å². The predicted octanol–water partition coefficient (Wildman–Crippen LogP) is 1.82. The molecule has 2 amide bonds. The fourth-order valence-corrected chi connectivity index (χ4v) is 5.04. The van der Waals surface area contributed by atoms with Crippen LogP contribution >= 0.6 is 0 Å². The quantitative estimate of drug-likeness (QED) is 0.711. The number of hydrogen-bond acceptors (Lipinski definition) is 6. The van der Waals surface area contributed by atoms with Gasteiger partial charge in [0.25, 0.3) is 0 Å². The molecule has 0 radical (unpaired) electrons. The number of piperazine rings is 1. The van der Waals surface area contributed by atoms with Crippen molar-refractivity contribution in [2.24, 2.45) is 0 Å². The van der Waals surface area contributed by atoms with Crippen LogP contribution < -0.4 is 9.62 Å². The molecule has 9 nitrogen and oxygen atoms in total. The third kappa shape index (κ3) is 6.20. The molecule has 1 aromatic rings. The number of ether oxygens (including phenoxy) is 1. The average Bonchev–Trinajstić information content (AvgIpc) is 2.72. The van der Waals surface area contributed by atoms with Crippen LogP contribution in [0.3, 0.4) is 0 Å². The fourth-order valence-electron chi connectivity index (χ4n) is 3.97. The first kappa shape index (κ1) is 24.5. The average molecular weight is 467 g/mol. The number of anilines is 1. The van der Waals surface area contributed by atoms with Crippen LogP contribution in [0.2, 0.25) is 0 Å². The number of carbonyl (C=O) groups excluding carboxylic acids is 2. The van der Waals surface area contributed by atoms with Crippen LogP contribution in [0, 0.1) is 0 Å². The molecular weight excluding hydrogens is 432 g/mol. The number of sulfonamides is 1. The van der Waals surface area contributed by atoms with E-state index in [1.807, 2.05) is 20.8 Å². The van der Waals surface area contributed by atoms with E-state index in [4.69, 9.17) is 4.74 Å². The van der Waals surface area contributed by atoms with Gasteiger partial charge in [-0.3, -0.25) is 9.69 Å². The van der Waals surface area contributed by atoms with Crippen molar-refractivity contribution >= 4 is 27.7 Å². The smallest absolute Gasteiger partial charge is 0.410 e. The second kappa shape index (κ2) is 9.76. The van der Waals surface area contributed by atoms with E-state index in [2.05, 4.69) is 9.62 Å². The molecule has 0 unspecified atom stereocenters. The minimum Gasteiger partial charge on any atom is -0.444 e. The summed E-state index contributed by atoms with van der Waals surface area (Å²) in [7, 11) is -3.64. The lowest BCUT2D eigenvalue weighted by Crippen LogP contribution is -2.51. The molecule has 0 aromatic heterocycles. The number of aryl methyl sites for hydroxylation is 1. The van der Waals surface area contributed by atoms with Crippen LogP contribution in [-0.2, 0) is 26.0 Å². The Kier molecular flexibility index (Phi) is 7.46. The Morgan fingerprint density at radius 1 is 1.09 bits per heavy atom. The zero-order valence-electron chi connectivity index (χ0n) is 19.4. The summed E-state index contributed by atoms with van der Waals surface area (Å²) in [6.07, 6.45) is 1.26. The number of hydrogen-bond donors (Lipinski definition) is 1. The first-order chi connectivity index (χ1) is 15.0. The Labute approximate surface area is 190 Å². The van der Waals surface area contributed by atoms with Gasteiger partial charge in [0.2, 0.25) is 15.9 Å². The lowest BCUT2D eigenvalue weighted by atomic mass is 10.0. The second-order valence-electron chi connectivity index (χ2n) is 9.27. The number of amides is 2. The van der Waals surface area contributed by atoms with Crippen molar-refractivity contribution in [1.29, 1.82) is 0 Å². The van der Waals surface area contributed by atoms with Gasteiger partial charge in [0.05, 0.1) is 4.90 Å². The molecular formula is C22H34N4O5S. The van der Waals surface area contributed by atoms with Crippen molar-refractivity contribution in [3.8, 4) is 0 Å². The Morgan fingerprint density at radius 2 is 1.78 bits per heavy atom. The Balaban J connectivity index is 1.50. The maximum absolute atomic E-state index is 12.8. The molecule has 32 heavy (non-hydrogen) atoms. The van der Waals surface area contributed by atoms with Gasteiger partial charge in [0.1, 0.15) is 5.60 Å². The van der Waals surface area contributed by atoms with E-state index in [-0.39, 0.29) is 23.4 Å². The molecule has 10 heteroatoms. The zero-order valence-corrected chi connectivity index (χ0v) is 20.2. The highest BCUT2D eigenvalue weighted by Crippen LogP contribution is 2.29. The largest absolute Gasteiger partial charge is 0.444 e. The van der Waals surface area contributed by atoms with Crippen molar-refractivity contribution in [3.63, 3.8) is 0 Å². The van der Waals surface area contributed by atoms with Gasteiger partial charge in [0, 0.05) is 58.4 Å². The number of carbonyl (C=O) groups is 2. The first-order valence-electron chi connectivity index (χ1n) is 11.1. The summed E-state index contributed by atoms with van der Waals surface area (Å²) in [5.41, 5.74) is 1.16. The third-order valence-corrected chi connectivity index (χ3v) is 7.06. The predicted molar refractivity (Wildman–Crippen MR) is 122 cm³/mol. The molecule has 0 spiro atoms.